The van der Waals surface area contributed by atoms with Gasteiger partial charge in [-0.1, -0.05) is 23.8 Å². The summed E-state index contributed by atoms with van der Waals surface area (Å²) in [5.41, 5.74) is 0.719. The van der Waals surface area contributed by atoms with Crippen LogP contribution in [0.2, 0.25) is 5.02 Å². The SMILES string of the molecule is CC(Nc1cc([N+](=O)[O-])ccc1Cl)C1CC2C=CC1C2. The monoisotopic (exact) mass is 292 g/mol. The standard InChI is InChI=1S/C15H17ClN2O2/c1-9(13-7-10-2-3-11(13)6-10)17-15-8-12(18(19)20)4-5-14(15)16/h2-5,8-11,13,17H,6-7H2,1H3. The molecule has 0 amide bonds. The van der Waals surface area contributed by atoms with Gasteiger partial charge >= 0.3 is 0 Å². The topological polar surface area (TPSA) is 55.2 Å². The fraction of sp³-hybridized carbons (Fsp3) is 0.467. The lowest BCUT2D eigenvalue weighted by Crippen LogP contribution is -2.28. The first-order chi connectivity index (χ1) is 9.54. The second-order valence-corrected chi connectivity index (χ2v) is 6.21. The van der Waals surface area contributed by atoms with Crippen LogP contribution in [-0.4, -0.2) is 11.0 Å². The number of hydrogen-bond acceptors (Lipinski definition) is 3. The van der Waals surface area contributed by atoms with Crippen molar-refractivity contribution < 1.29 is 4.92 Å². The van der Waals surface area contributed by atoms with Crippen molar-refractivity contribution in [2.75, 3.05) is 5.32 Å². The van der Waals surface area contributed by atoms with Crippen LogP contribution in [0.5, 0.6) is 0 Å². The molecular weight excluding hydrogens is 276 g/mol. The first-order valence-electron chi connectivity index (χ1n) is 6.93. The third-order valence-corrected chi connectivity index (χ3v) is 4.85. The Hall–Kier alpha value is -1.55. The van der Waals surface area contributed by atoms with Crippen molar-refractivity contribution in [2.24, 2.45) is 17.8 Å². The number of nitrogens with zero attached hydrogens (tertiary/aromatic N) is 1. The molecule has 1 N–H and O–H groups in total. The van der Waals surface area contributed by atoms with E-state index in [1.54, 1.807) is 6.07 Å². The molecule has 1 saturated carbocycles. The smallest absolute Gasteiger partial charge is 0.271 e. The Morgan fingerprint density at radius 3 is 2.80 bits per heavy atom. The predicted octanol–water partition coefficient (Wildman–Crippen LogP) is 4.26. The third-order valence-electron chi connectivity index (χ3n) is 4.52. The summed E-state index contributed by atoms with van der Waals surface area (Å²) in [5, 5.41) is 14.7. The van der Waals surface area contributed by atoms with Crippen molar-refractivity contribution in [1.29, 1.82) is 0 Å². The van der Waals surface area contributed by atoms with Gasteiger partial charge < -0.3 is 5.32 Å². The summed E-state index contributed by atoms with van der Waals surface area (Å²) in [4.78, 5) is 10.4. The fourth-order valence-corrected chi connectivity index (χ4v) is 3.66. The van der Waals surface area contributed by atoms with Crippen LogP contribution in [0.4, 0.5) is 11.4 Å². The van der Waals surface area contributed by atoms with Crippen LogP contribution in [0.25, 0.3) is 0 Å². The van der Waals surface area contributed by atoms with Crippen LogP contribution in [-0.2, 0) is 0 Å². The minimum atomic E-state index is -0.396. The van der Waals surface area contributed by atoms with E-state index in [4.69, 9.17) is 11.6 Å². The highest BCUT2D eigenvalue weighted by molar-refractivity contribution is 6.33. The summed E-state index contributed by atoms with van der Waals surface area (Å²) >= 11 is 6.13. The number of halogens is 1. The van der Waals surface area contributed by atoms with E-state index in [1.165, 1.54) is 25.0 Å². The quantitative estimate of drug-likeness (QED) is 0.512. The molecule has 3 rings (SSSR count). The van der Waals surface area contributed by atoms with Crippen molar-refractivity contribution in [2.45, 2.75) is 25.8 Å². The van der Waals surface area contributed by atoms with E-state index in [-0.39, 0.29) is 11.7 Å². The second-order valence-electron chi connectivity index (χ2n) is 5.80. The molecule has 0 saturated heterocycles. The number of benzene rings is 1. The van der Waals surface area contributed by atoms with Crippen molar-refractivity contribution in [3.05, 3.63) is 45.5 Å². The summed E-state index contributed by atoms with van der Waals surface area (Å²) in [6.07, 6.45) is 7.07. The first kappa shape index (κ1) is 13.4. The number of hydrogen-bond donors (Lipinski definition) is 1. The summed E-state index contributed by atoms with van der Waals surface area (Å²) in [7, 11) is 0. The number of non-ortho nitro benzene ring substituents is 1. The van der Waals surface area contributed by atoms with E-state index in [9.17, 15) is 10.1 Å². The Labute approximate surface area is 123 Å². The van der Waals surface area contributed by atoms with Gasteiger partial charge in [0.25, 0.3) is 5.69 Å². The maximum Gasteiger partial charge on any atom is 0.271 e. The van der Waals surface area contributed by atoms with E-state index in [2.05, 4.69) is 24.4 Å². The molecule has 0 aromatic heterocycles. The number of nitro groups is 1. The van der Waals surface area contributed by atoms with Gasteiger partial charge in [-0.2, -0.15) is 0 Å². The van der Waals surface area contributed by atoms with Gasteiger partial charge in [0.1, 0.15) is 0 Å². The molecule has 1 aromatic rings. The molecule has 0 aliphatic heterocycles. The first-order valence-corrected chi connectivity index (χ1v) is 7.31. The molecule has 106 valence electrons. The summed E-state index contributed by atoms with van der Waals surface area (Å²) < 4.78 is 0. The Morgan fingerprint density at radius 2 is 2.20 bits per heavy atom. The largest absolute Gasteiger partial charge is 0.381 e. The van der Waals surface area contributed by atoms with E-state index in [0.717, 1.165) is 5.92 Å². The van der Waals surface area contributed by atoms with Gasteiger partial charge in [-0.3, -0.25) is 10.1 Å². The normalized spacial score (nSPS) is 28.6. The molecule has 0 spiro atoms. The van der Waals surface area contributed by atoms with E-state index in [1.807, 2.05) is 0 Å². The molecule has 2 bridgehead atoms. The van der Waals surface area contributed by atoms with Crippen LogP contribution < -0.4 is 5.32 Å². The lowest BCUT2D eigenvalue weighted by atomic mass is 9.87. The highest BCUT2D eigenvalue weighted by atomic mass is 35.5. The molecule has 2 aliphatic rings. The van der Waals surface area contributed by atoms with E-state index >= 15 is 0 Å². The van der Waals surface area contributed by atoms with Gasteiger partial charge in [-0.05, 0) is 43.6 Å². The zero-order valence-corrected chi connectivity index (χ0v) is 12.0. The van der Waals surface area contributed by atoms with Crippen LogP contribution >= 0.6 is 11.6 Å². The molecule has 0 radical (unpaired) electrons. The molecule has 1 fully saturated rings. The van der Waals surface area contributed by atoms with Crippen LogP contribution in [0.15, 0.2) is 30.4 Å². The maximum absolute atomic E-state index is 10.8. The van der Waals surface area contributed by atoms with Crippen LogP contribution in [0.3, 0.4) is 0 Å². The van der Waals surface area contributed by atoms with Gasteiger partial charge in [0.05, 0.1) is 15.6 Å². The molecule has 20 heavy (non-hydrogen) atoms. The number of fused-ring (bicyclic) bond motifs is 2. The zero-order chi connectivity index (χ0) is 14.3. The Balaban J connectivity index is 1.75. The van der Waals surface area contributed by atoms with Gasteiger partial charge in [0.15, 0.2) is 0 Å². The molecule has 0 heterocycles. The second kappa shape index (κ2) is 5.09. The lowest BCUT2D eigenvalue weighted by Gasteiger charge is -2.27. The highest BCUT2D eigenvalue weighted by Crippen LogP contribution is 2.45. The zero-order valence-electron chi connectivity index (χ0n) is 11.3. The van der Waals surface area contributed by atoms with Gasteiger partial charge in [-0.25, -0.2) is 0 Å². The molecule has 4 unspecified atom stereocenters. The average Bonchev–Trinajstić information content (AvgIpc) is 3.03. The minimum absolute atomic E-state index is 0.0666. The number of nitro benzene ring substituents is 1. The fourth-order valence-electron chi connectivity index (χ4n) is 3.49. The van der Waals surface area contributed by atoms with Crippen LogP contribution in [0, 0.1) is 27.9 Å². The number of nitrogens with one attached hydrogen (secondary N) is 1. The molecule has 5 heteroatoms. The van der Waals surface area contributed by atoms with Crippen molar-refractivity contribution >= 4 is 23.0 Å². The predicted molar refractivity (Wildman–Crippen MR) is 80.0 cm³/mol. The Kier molecular flexibility index (Phi) is 3.42. The molecule has 4 nitrogen and oxygen atoms in total. The Bertz CT molecular complexity index is 573. The minimum Gasteiger partial charge on any atom is -0.381 e. The van der Waals surface area contributed by atoms with Gasteiger partial charge in [-0.15, -0.1) is 0 Å². The molecular formula is C15H17ClN2O2. The average molecular weight is 293 g/mol. The van der Waals surface area contributed by atoms with Crippen molar-refractivity contribution in [3.8, 4) is 0 Å². The summed E-state index contributed by atoms with van der Waals surface area (Å²) in [6.45, 7) is 2.13. The van der Waals surface area contributed by atoms with Crippen LogP contribution in [0.1, 0.15) is 19.8 Å². The molecule has 4 atom stereocenters. The van der Waals surface area contributed by atoms with Gasteiger partial charge in [0.2, 0.25) is 0 Å². The van der Waals surface area contributed by atoms with Crippen molar-refractivity contribution in [3.63, 3.8) is 0 Å². The highest BCUT2D eigenvalue weighted by Gasteiger charge is 2.38. The summed E-state index contributed by atoms with van der Waals surface area (Å²) in [5.74, 6) is 1.94. The lowest BCUT2D eigenvalue weighted by molar-refractivity contribution is -0.384. The molecule has 2 aliphatic carbocycles. The maximum atomic E-state index is 10.8. The van der Waals surface area contributed by atoms with E-state index < -0.39 is 4.92 Å². The summed E-state index contributed by atoms with van der Waals surface area (Å²) in [6, 6.07) is 4.78. The Morgan fingerprint density at radius 1 is 1.40 bits per heavy atom. The third kappa shape index (κ3) is 2.40. The van der Waals surface area contributed by atoms with Crippen molar-refractivity contribution in [1.82, 2.24) is 0 Å². The van der Waals surface area contributed by atoms with E-state index in [0.29, 0.717) is 22.5 Å². The number of allylic oxidation sites excluding steroid dienone is 2. The number of rotatable bonds is 4. The molecule has 1 aromatic carbocycles. The van der Waals surface area contributed by atoms with Gasteiger partial charge in [0, 0.05) is 18.2 Å². The number of anilines is 1.